The molecule has 0 spiro atoms. The summed E-state index contributed by atoms with van der Waals surface area (Å²) in [5.41, 5.74) is 1.50. The van der Waals surface area contributed by atoms with Crippen molar-refractivity contribution in [1.29, 1.82) is 0 Å². The van der Waals surface area contributed by atoms with Crippen molar-refractivity contribution in [2.45, 2.75) is 6.92 Å². The molecular weight excluding hydrogens is 573 g/mol. The van der Waals surface area contributed by atoms with E-state index in [2.05, 4.69) is 0 Å². The number of benzene rings is 1. The minimum atomic E-state index is -4.82. The number of hydrogen-bond acceptors (Lipinski definition) is 3. The van der Waals surface area contributed by atoms with E-state index in [9.17, 15) is 10.1 Å². The van der Waals surface area contributed by atoms with Gasteiger partial charge in [0.2, 0.25) is 0 Å². The van der Waals surface area contributed by atoms with E-state index in [1.807, 2.05) is 6.92 Å². The minimum absolute atomic E-state index is 0.0176. The van der Waals surface area contributed by atoms with E-state index < -0.39 is 13.1 Å². The van der Waals surface area contributed by atoms with E-state index in [0.29, 0.717) is 10.7 Å². The molecule has 0 unspecified atom stereocenters. The zero-order chi connectivity index (χ0) is 20.6. The summed E-state index contributed by atoms with van der Waals surface area (Å²) in [6.45, 7) is 1.83. The van der Waals surface area contributed by atoms with E-state index in [1.54, 1.807) is 28.7 Å². The van der Waals surface area contributed by atoms with Crippen molar-refractivity contribution in [1.82, 2.24) is 0 Å². The topological polar surface area (TPSA) is 46.4 Å². The molecule has 2 rings (SSSR count). The van der Waals surface area contributed by atoms with Gasteiger partial charge < -0.3 is 0 Å². The van der Waals surface area contributed by atoms with E-state index in [4.69, 9.17) is 102 Å². The summed E-state index contributed by atoms with van der Waals surface area (Å²) in [5, 5.41) is 11.1. The Hall–Kier alpha value is 1.37. The average Bonchev–Trinajstić information content (AvgIpc) is 2.32. The predicted octanol–water partition coefficient (Wildman–Crippen LogP) is 10.6. The molecule has 0 atom stereocenters. The summed E-state index contributed by atoms with van der Waals surface area (Å²) >= 11 is 48.6. The molecule has 0 saturated heterocycles. The molecule has 0 aliphatic carbocycles. The third kappa shape index (κ3) is 10.2. The molecule has 15 heteroatoms. The Morgan fingerprint density at radius 1 is 1.04 bits per heavy atom. The quantitative estimate of drug-likeness (QED) is 0.198. The van der Waals surface area contributed by atoms with Crippen LogP contribution in [0.2, 0.25) is 0 Å². The Bertz CT molecular complexity index is 762. The van der Waals surface area contributed by atoms with Crippen molar-refractivity contribution in [3.8, 4) is 0 Å². The van der Waals surface area contributed by atoms with Crippen LogP contribution in [-0.2, 0) is 0 Å². The number of rotatable bonds is 2. The zero-order valence-electron chi connectivity index (χ0n) is 12.5. The third-order valence-electron chi connectivity index (χ3n) is 2.53. The van der Waals surface area contributed by atoms with Gasteiger partial charge in [-0.15, -0.1) is 0 Å². The van der Waals surface area contributed by atoms with Gasteiger partial charge in [0.05, 0.1) is 21.3 Å². The van der Waals surface area contributed by atoms with Crippen LogP contribution >= 0.6 is 110 Å². The van der Waals surface area contributed by atoms with Gasteiger partial charge in [-0.25, -0.2) is 0 Å². The van der Waals surface area contributed by atoms with Crippen molar-refractivity contribution in [3.63, 3.8) is 0 Å². The van der Waals surface area contributed by atoms with Crippen LogP contribution in [0.4, 0.5) is 11.4 Å². The van der Waals surface area contributed by atoms with Gasteiger partial charge in [0.1, 0.15) is 28.3 Å². The first kappa shape index (κ1) is 25.4. The molecular formula is C11H9Cl9N2O2P2. The summed E-state index contributed by atoms with van der Waals surface area (Å²) < 4.78 is -3.08. The predicted molar refractivity (Wildman–Crippen MR) is 124 cm³/mol. The number of non-ortho nitro benzene ring substituents is 1. The van der Waals surface area contributed by atoms with Crippen molar-refractivity contribution >= 4 is 121 Å². The molecule has 0 radical (unpaired) electrons. The van der Waals surface area contributed by atoms with E-state index in [-0.39, 0.29) is 5.69 Å². The second-order valence-corrected chi connectivity index (χ2v) is 35.5. The van der Waals surface area contributed by atoms with Crippen LogP contribution in [0.1, 0.15) is 6.92 Å². The van der Waals surface area contributed by atoms with Crippen LogP contribution in [0.3, 0.4) is 0 Å². The molecule has 0 N–H and O–H groups in total. The Kier molecular flexibility index (Phi) is 7.71. The van der Waals surface area contributed by atoms with Gasteiger partial charge in [-0.3, -0.25) is 10.1 Å². The van der Waals surface area contributed by atoms with Gasteiger partial charge in [-0.2, -0.15) is 4.67 Å². The Labute approximate surface area is 193 Å². The fraction of sp³-hybridized carbons (Fsp3) is 0.0909. The molecule has 1 aromatic rings. The molecule has 0 amide bonds. The number of nitro groups is 1. The molecule has 0 aromatic heterocycles. The molecule has 148 valence electrons. The van der Waals surface area contributed by atoms with Crippen LogP contribution in [-0.4, -0.2) is 4.92 Å². The zero-order valence-corrected chi connectivity index (χ0v) is 21.1. The molecule has 1 aromatic carbocycles. The normalized spacial score (nSPS) is 19.2. The van der Waals surface area contributed by atoms with Crippen LogP contribution in [0, 0.1) is 10.1 Å². The molecule has 1 aliphatic heterocycles. The molecule has 1 aliphatic rings. The molecule has 1 heterocycles. The maximum absolute atomic E-state index is 10.6. The van der Waals surface area contributed by atoms with Crippen molar-refractivity contribution in [3.05, 3.63) is 57.0 Å². The monoisotopic (exact) mass is 578 g/mol. The fourth-order valence-electron chi connectivity index (χ4n) is 1.79. The average molecular weight is 582 g/mol. The summed E-state index contributed by atoms with van der Waals surface area (Å²) in [5.74, 6) is 1.60. The van der Waals surface area contributed by atoms with Crippen LogP contribution in [0.15, 0.2) is 46.9 Å². The Balaban J connectivity index is 0.000000412. The van der Waals surface area contributed by atoms with Gasteiger partial charge in [0.15, 0.2) is 0 Å². The molecule has 0 fully saturated rings. The Morgan fingerprint density at radius 3 is 1.81 bits per heavy atom. The third-order valence-corrected chi connectivity index (χ3v) is 6.06. The number of allylic oxidation sites excluding steroid dienone is 3. The molecule has 4 nitrogen and oxygen atoms in total. The summed E-state index contributed by atoms with van der Waals surface area (Å²) in [6, 6.07) is 6.05. The Morgan fingerprint density at radius 2 is 1.46 bits per heavy atom. The van der Waals surface area contributed by atoms with E-state index in [1.165, 1.54) is 12.1 Å². The number of anilines is 1. The number of nitrogens with zero attached hydrogens (tertiary/aromatic N) is 2. The summed E-state index contributed by atoms with van der Waals surface area (Å²) in [6.07, 6.45) is -0.832. The van der Waals surface area contributed by atoms with E-state index >= 15 is 0 Å². The maximum atomic E-state index is 10.6. The number of nitro benzene ring substituents is 1. The second kappa shape index (κ2) is 7.89. The van der Waals surface area contributed by atoms with Crippen LogP contribution < -0.4 is 4.67 Å². The van der Waals surface area contributed by atoms with Gasteiger partial charge in [-0.1, -0.05) is 11.6 Å². The van der Waals surface area contributed by atoms with Gasteiger partial charge >= 0.3 is 75.6 Å². The summed E-state index contributed by atoms with van der Waals surface area (Å²) in [4.78, 5) is 10.2. The SMILES string of the molecule is CC1=CC(Cl)=C[P+](Cl)(Cl)N1c1ccc([N+](=O)[O-])cc1.Cl[P-](Cl)(Cl)(Cl)(Cl)Cl. The number of halogens is 9. The standard InChI is InChI=1S/C11H9Cl3N2O2P.Cl6P/c1-8-6-9(12)7-19(13,14)15(8)10-2-4-11(5-3-10)16(17)18;1-7(2,3,4,5)6/h2-7H,1H3;/q+1;-1. The van der Waals surface area contributed by atoms with Crippen LogP contribution in [0.5, 0.6) is 0 Å². The van der Waals surface area contributed by atoms with Gasteiger partial charge in [-0.05, 0) is 25.1 Å². The fourth-order valence-corrected chi connectivity index (χ4v) is 5.95. The van der Waals surface area contributed by atoms with Gasteiger partial charge in [0, 0.05) is 12.1 Å². The van der Waals surface area contributed by atoms with Crippen LogP contribution in [0.25, 0.3) is 0 Å². The second-order valence-electron chi connectivity index (χ2n) is 4.87. The van der Waals surface area contributed by atoms with Gasteiger partial charge in [0.25, 0.3) is 5.69 Å². The molecule has 0 bridgehead atoms. The van der Waals surface area contributed by atoms with Crippen molar-refractivity contribution < 1.29 is 4.92 Å². The molecule has 26 heavy (non-hydrogen) atoms. The van der Waals surface area contributed by atoms with Crippen molar-refractivity contribution in [2.75, 3.05) is 4.67 Å². The first-order valence-electron chi connectivity index (χ1n) is 6.22. The summed E-state index contributed by atoms with van der Waals surface area (Å²) in [7, 11) is 0. The van der Waals surface area contributed by atoms with E-state index in [0.717, 1.165) is 5.70 Å². The van der Waals surface area contributed by atoms with Crippen molar-refractivity contribution in [2.24, 2.45) is 0 Å². The first-order chi connectivity index (χ1) is 11.3. The first-order valence-corrected chi connectivity index (χ1v) is 18.3. The molecule has 0 saturated carbocycles. The number of hydrogen-bond donors (Lipinski definition) is 0.